The zero-order valence-corrected chi connectivity index (χ0v) is 8.36. The summed E-state index contributed by atoms with van der Waals surface area (Å²) in [5.41, 5.74) is 0.145. The summed E-state index contributed by atoms with van der Waals surface area (Å²) in [6, 6.07) is 0. The molecule has 2 rings (SSSR count). The van der Waals surface area contributed by atoms with Crippen LogP contribution in [0.5, 0.6) is 0 Å². The van der Waals surface area contributed by atoms with Gasteiger partial charge in [-0.15, -0.1) is 0 Å². The summed E-state index contributed by atoms with van der Waals surface area (Å²) < 4.78 is 0. The fraction of sp³-hybridized carbons (Fsp3) is 0.200. The van der Waals surface area contributed by atoms with E-state index in [4.69, 9.17) is 0 Å². The largest absolute Gasteiger partial charge is 0.275 e. The maximum atomic E-state index is 11.5. The van der Waals surface area contributed by atoms with Crippen LogP contribution in [0.15, 0.2) is 24.3 Å². The Hall–Kier alpha value is -2.24. The topological polar surface area (TPSA) is 74.8 Å². The van der Waals surface area contributed by atoms with Crippen molar-refractivity contribution in [3.63, 3.8) is 0 Å². The monoisotopic (exact) mass is 220 g/mol. The number of amides is 4. The van der Waals surface area contributed by atoms with E-state index in [1.807, 2.05) is 0 Å². The molecule has 0 aromatic heterocycles. The molecule has 6 nitrogen and oxygen atoms in total. The lowest BCUT2D eigenvalue weighted by Crippen LogP contribution is -2.49. The quantitative estimate of drug-likeness (QED) is 0.442. The van der Waals surface area contributed by atoms with Crippen molar-refractivity contribution in [2.75, 3.05) is 0 Å². The fourth-order valence-corrected chi connectivity index (χ4v) is 1.60. The number of nitrogens with zero attached hydrogens (tertiary/aromatic N) is 2. The van der Waals surface area contributed by atoms with Crippen molar-refractivity contribution in [3.05, 3.63) is 24.3 Å². The average Bonchev–Trinajstić information content (AvgIpc) is 2.57. The lowest BCUT2D eigenvalue weighted by molar-refractivity contribution is -0.170. The molecule has 0 atom stereocenters. The van der Waals surface area contributed by atoms with Gasteiger partial charge in [0.1, 0.15) is 0 Å². The van der Waals surface area contributed by atoms with Crippen LogP contribution >= 0.6 is 0 Å². The Morgan fingerprint density at radius 1 is 0.750 bits per heavy atom. The molecule has 4 amide bonds. The van der Waals surface area contributed by atoms with Crippen molar-refractivity contribution in [3.8, 4) is 0 Å². The Bertz CT molecular complexity index is 433. The van der Waals surface area contributed by atoms with Gasteiger partial charge in [-0.2, -0.15) is 10.0 Å². The molecule has 0 aromatic rings. The minimum Gasteiger partial charge on any atom is -0.272 e. The van der Waals surface area contributed by atoms with Gasteiger partial charge in [0.05, 0.1) is 12.8 Å². The van der Waals surface area contributed by atoms with Gasteiger partial charge in [-0.05, 0) is 0 Å². The van der Waals surface area contributed by atoms with Crippen LogP contribution in [0.25, 0.3) is 0 Å². The third kappa shape index (κ3) is 1.19. The van der Waals surface area contributed by atoms with Gasteiger partial charge in [0.2, 0.25) is 0 Å². The molecule has 16 heavy (non-hydrogen) atoms. The van der Waals surface area contributed by atoms with Crippen LogP contribution in [0.2, 0.25) is 0 Å². The second kappa shape index (κ2) is 3.13. The Labute approximate surface area is 90.8 Å². The van der Waals surface area contributed by atoms with Gasteiger partial charge in [0, 0.05) is 11.1 Å². The summed E-state index contributed by atoms with van der Waals surface area (Å²) >= 11 is 0. The van der Waals surface area contributed by atoms with Crippen LogP contribution in [0.1, 0.15) is 12.8 Å². The van der Waals surface area contributed by atoms with Crippen molar-refractivity contribution in [2.24, 2.45) is 0 Å². The summed E-state index contributed by atoms with van der Waals surface area (Å²) in [7, 11) is 0. The lowest BCUT2D eigenvalue weighted by Gasteiger charge is -2.22. The molecule has 0 spiro atoms. The molecule has 2 aliphatic heterocycles. The maximum Gasteiger partial charge on any atom is 0.275 e. The number of hydrogen-bond acceptors (Lipinski definition) is 4. The molecule has 0 unspecified atom stereocenters. The molecule has 0 saturated carbocycles. The number of rotatable bonds is 1. The molecular formula is C10H8N2O4. The molecule has 0 bridgehead atoms. The van der Waals surface area contributed by atoms with Crippen LogP contribution in [0.4, 0.5) is 0 Å². The molecule has 2 fully saturated rings. The van der Waals surface area contributed by atoms with Crippen molar-refractivity contribution < 1.29 is 19.2 Å². The highest BCUT2D eigenvalue weighted by atomic mass is 16.2. The second-order valence-electron chi connectivity index (χ2n) is 3.58. The average molecular weight is 220 g/mol. The van der Waals surface area contributed by atoms with Crippen LogP contribution in [-0.4, -0.2) is 33.6 Å². The summed E-state index contributed by atoms with van der Waals surface area (Å²) in [6.45, 7) is 6.79. The SMILES string of the molecule is C=C1CC(=O)N(N2C(=O)CC(=C)C2=O)C1=O. The third-order valence-corrected chi connectivity index (χ3v) is 2.39. The highest BCUT2D eigenvalue weighted by Crippen LogP contribution is 2.25. The predicted octanol–water partition coefficient (Wildman–Crippen LogP) is -0.468. The smallest absolute Gasteiger partial charge is 0.272 e. The third-order valence-electron chi connectivity index (χ3n) is 2.39. The zero-order valence-electron chi connectivity index (χ0n) is 8.36. The van der Waals surface area contributed by atoms with E-state index in [0.717, 1.165) is 0 Å². The zero-order chi connectivity index (χ0) is 12.0. The Balaban J connectivity index is 2.39. The predicted molar refractivity (Wildman–Crippen MR) is 51.2 cm³/mol. The van der Waals surface area contributed by atoms with Gasteiger partial charge in [0.25, 0.3) is 23.6 Å². The van der Waals surface area contributed by atoms with Crippen LogP contribution in [-0.2, 0) is 19.2 Å². The first-order chi connectivity index (χ1) is 7.43. The van der Waals surface area contributed by atoms with Crippen LogP contribution in [0.3, 0.4) is 0 Å². The van der Waals surface area contributed by atoms with Gasteiger partial charge in [0.15, 0.2) is 0 Å². The van der Waals surface area contributed by atoms with E-state index < -0.39 is 23.6 Å². The van der Waals surface area contributed by atoms with E-state index >= 15 is 0 Å². The van der Waals surface area contributed by atoms with E-state index in [2.05, 4.69) is 13.2 Å². The van der Waals surface area contributed by atoms with Gasteiger partial charge < -0.3 is 0 Å². The summed E-state index contributed by atoms with van der Waals surface area (Å²) in [5, 5.41) is 1.09. The first-order valence-corrected chi connectivity index (χ1v) is 4.53. The molecule has 2 heterocycles. The number of hydrazine groups is 1. The molecule has 0 aliphatic carbocycles. The van der Waals surface area contributed by atoms with E-state index in [-0.39, 0.29) is 24.0 Å². The minimum absolute atomic E-state index is 0.0723. The number of carbonyl (C=O) groups is 4. The fourth-order valence-electron chi connectivity index (χ4n) is 1.60. The van der Waals surface area contributed by atoms with Crippen molar-refractivity contribution >= 4 is 23.6 Å². The van der Waals surface area contributed by atoms with Gasteiger partial charge >= 0.3 is 0 Å². The number of imide groups is 2. The molecule has 0 radical (unpaired) electrons. The summed E-state index contributed by atoms with van der Waals surface area (Å²) in [4.78, 5) is 46.0. The Morgan fingerprint density at radius 3 is 1.25 bits per heavy atom. The van der Waals surface area contributed by atoms with Crippen molar-refractivity contribution in [2.45, 2.75) is 12.8 Å². The number of hydrogen-bond donors (Lipinski definition) is 0. The molecular weight excluding hydrogens is 212 g/mol. The van der Waals surface area contributed by atoms with E-state index in [1.165, 1.54) is 0 Å². The van der Waals surface area contributed by atoms with Gasteiger partial charge in [-0.25, -0.2) is 0 Å². The molecule has 2 saturated heterocycles. The lowest BCUT2D eigenvalue weighted by atomic mass is 10.3. The van der Waals surface area contributed by atoms with Gasteiger partial charge in [-0.3, -0.25) is 19.2 Å². The maximum absolute atomic E-state index is 11.5. The standard InChI is InChI=1S/C10H8N2O4/c1-5-3-7(13)11(9(5)15)12-8(14)4-6(2)10(12)16/h1-4H2. The Kier molecular flexibility index (Phi) is 2.01. The Morgan fingerprint density at radius 2 is 1.06 bits per heavy atom. The molecule has 82 valence electrons. The second-order valence-corrected chi connectivity index (χ2v) is 3.58. The summed E-state index contributed by atoms with van der Waals surface area (Å²) in [5.74, 6) is -2.65. The molecule has 2 aliphatic rings. The first kappa shape index (κ1) is 10.3. The molecule has 0 N–H and O–H groups in total. The van der Waals surface area contributed by atoms with E-state index in [0.29, 0.717) is 10.0 Å². The summed E-state index contributed by atoms with van der Waals surface area (Å²) in [6.07, 6.45) is -0.329. The highest BCUT2D eigenvalue weighted by Gasteiger charge is 2.46. The van der Waals surface area contributed by atoms with Crippen molar-refractivity contribution in [1.82, 2.24) is 10.0 Å². The first-order valence-electron chi connectivity index (χ1n) is 4.53. The van der Waals surface area contributed by atoms with E-state index in [9.17, 15) is 19.2 Å². The van der Waals surface area contributed by atoms with E-state index in [1.54, 1.807) is 0 Å². The van der Waals surface area contributed by atoms with Gasteiger partial charge in [-0.1, -0.05) is 13.2 Å². The van der Waals surface area contributed by atoms with Crippen LogP contribution < -0.4 is 0 Å². The minimum atomic E-state index is -0.707. The van der Waals surface area contributed by atoms with Crippen molar-refractivity contribution in [1.29, 1.82) is 0 Å². The van der Waals surface area contributed by atoms with Crippen LogP contribution in [0, 0.1) is 0 Å². The highest BCUT2D eigenvalue weighted by molar-refractivity contribution is 6.20. The number of carbonyl (C=O) groups excluding carboxylic acids is 4. The normalized spacial score (nSPS) is 21.8. The molecule has 0 aromatic carbocycles. The molecule has 6 heteroatoms.